The van der Waals surface area contributed by atoms with Crippen LogP contribution in [-0.4, -0.2) is 72.2 Å². The van der Waals surface area contributed by atoms with E-state index in [4.69, 9.17) is 9.47 Å². The van der Waals surface area contributed by atoms with Crippen LogP contribution in [0.15, 0.2) is 18.2 Å². The summed E-state index contributed by atoms with van der Waals surface area (Å²) >= 11 is 0. The molecule has 1 fully saturated rings. The van der Waals surface area contributed by atoms with E-state index in [1.807, 2.05) is 18.2 Å². The number of likely N-dealkylation sites (N-methyl/N-ethyl adjacent to an activating group) is 1. The zero-order valence-corrected chi connectivity index (χ0v) is 13.7. The van der Waals surface area contributed by atoms with E-state index < -0.39 is 6.09 Å². The van der Waals surface area contributed by atoms with Crippen molar-refractivity contribution in [2.75, 3.05) is 40.4 Å². The molecule has 3 rings (SSSR count). The molecule has 2 amide bonds. The summed E-state index contributed by atoms with van der Waals surface area (Å²) in [6.45, 7) is 1.37. The molecular weight excluding hydrogens is 312 g/mol. The Labute approximate surface area is 139 Å². The van der Waals surface area contributed by atoms with Gasteiger partial charge in [-0.2, -0.15) is 0 Å². The quantitative estimate of drug-likeness (QED) is 0.853. The van der Waals surface area contributed by atoms with Crippen molar-refractivity contribution in [3.05, 3.63) is 24.0 Å². The maximum Gasteiger partial charge on any atom is 0.410 e. The number of cyclic esters (lactones) is 1. The highest BCUT2D eigenvalue weighted by atomic mass is 16.6. The molecule has 1 aliphatic heterocycles. The summed E-state index contributed by atoms with van der Waals surface area (Å²) in [5.74, 6) is 1.45. The van der Waals surface area contributed by atoms with Crippen molar-refractivity contribution in [2.24, 2.45) is 0 Å². The third-order valence-corrected chi connectivity index (χ3v) is 4.02. The molecule has 2 heterocycles. The molecule has 0 spiro atoms. The summed E-state index contributed by atoms with van der Waals surface area (Å²) in [7, 11) is 3.34. The average Bonchev–Trinajstić information content (AvgIpc) is 3.17. The van der Waals surface area contributed by atoms with Crippen molar-refractivity contribution in [2.45, 2.75) is 6.42 Å². The van der Waals surface area contributed by atoms with Gasteiger partial charge in [0.1, 0.15) is 24.7 Å². The molecule has 128 valence electrons. The Morgan fingerprint density at radius 1 is 1.50 bits per heavy atom. The number of benzene rings is 1. The van der Waals surface area contributed by atoms with Crippen molar-refractivity contribution >= 4 is 23.0 Å². The van der Waals surface area contributed by atoms with Crippen LogP contribution in [0, 0.1) is 0 Å². The second-order valence-corrected chi connectivity index (χ2v) is 5.67. The SMILES string of the molecule is COc1ccc2nc(CCN(C)C(=O)CN3CCOC3=O)[nH]c2c1. The van der Waals surface area contributed by atoms with Crippen molar-refractivity contribution in [3.63, 3.8) is 0 Å². The smallest absolute Gasteiger partial charge is 0.410 e. The van der Waals surface area contributed by atoms with Crippen molar-refractivity contribution in [3.8, 4) is 5.75 Å². The van der Waals surface area contributed by atoms with E-state index in [1.165, 1.54) is 4.90 Å². The van der Waals surface area contributed by atoms with E-state index in [9.17, 15) is 9.59 Å². The van der Waals surface area contributed by atoms with Crippen LogP contribution >= 0.6 is 0 Å². The number of H-pyrrole nitrogens is 1. The van der Waals surface area contributed by atoms with Gasteiger partial charge in [-0.1, -0.05) is 0 Å². The van der Waals surface area contributed by atoms with E-state index in [1.54, 1.807) is 19.1 Å². The number of nitrogens with zero attached hydrogens (tertiary/aromatic N) is 3. The predicted molar refractivity (Wildman–Crippen MR) is 86.9 cm³/mol. The number of hydrogen-bond acceptors (Lipinski definition) is 5. The predicted octanol–water partition coefficient (Wildman–Crippen LogP) is 1.02. The lowest BCUT2D eigenvalue weighted by Gasteiger charge is -2.19. The van der Waals surface area contributed by atoms with Gasteiger partial charge in [0.25, 0.3) is 0 Å². The van der Waals surface area contributed by atoms with E-state index >= 15 is 0 Å². The highest BCUT2D eigenvalue weighted by Gasteiger charge is 2.25. The summed E-state index contributed by atoms with van der Waals surface area (Å²) in [5, 5.41) is 0. The lowest BCUT2D eigenvalue weighted by molar-refractivity contribution is -0.130. The monoisotopic (exact) mass is 332 g/mol. The fraction of sp³-hybridized carbons (Fsp3) is 0.438. The minimum absolute atomic E-state index is 0.0483. The van der Waals surface area contributed by atoms with Gasteiger partial charge in [0.05, 0.1) is 24.7 Å². The molecule has 2 aromatic rings. The van der Waals surface area contributed by atoms with Crippen molar-refractivity contribution < 1.29 is 19.1 Å². The van der Waals surface area contributed by atoms with E-state index in [-0.39, 0.29) is 12.5 Å². The number of aromatic amines is 1. The maximum absolute atomic E-state index is 12.2. The molecule has 8 heteroatoms. The molecule has 1 N–H and O–H groups in total. The van der Waals surface area contributed by atoms with Crippen LogP contribution in [0.2, 0.25) is 0 Å². The van der Waals surface area contributed by atoms with Gasteiger partial charge in [-0.25, -0.2) is 9.78 Å². The maximum atomic E-state index is 12.2. The molecule has 1 aliphatic rings. The van der Waals surface area contributed by atoms with Crippen LogP contribution in [-0.2, 0) is 16.0 Å². The molecule has 8 nitrogen and oxygen atoms in total. The van der Waals surface area contributed by atoms with Gasteiger partial charge >= 0.3 is 6.09 Å². The zero-order valence-electron chi connectivity index (χ0n) is 13.7. The van der Waals surface area contributed by atoms with E-state index in [0.29, 0.717) is 26.1 Å². The minimum Gasteiger partial charge on any atom is -0.497 e. The number of ether oxygens (including phenoxy) is 2. The third kappa shape index (κ3) is 3.42. The van der Waals surface area contributed by atoms with Crippen LogP contribution < -0.4 is 4.74 Å². The summed E-state index contributed by atoms with van der Waals surface area (Å²) in [5.41, 5.74) is 1.76. The molecule has 0 atom stereocenters. The minimum atomic E-state index is -0.428. The van der Waals surface area contributed by atoms with Gasteiger partial charge in [-0.15, -0.1) is 0 Å². The first kappa shape index (κ1) is 16.1. The van der Waals surface area contributed by atoms with E-state index in [0.717, 1.165) is 22.6 Å². The first-order valence-corrected chi connectivity index (χ1v) is 7.75. The third-order valence-electron chi connectivity index (χ3n) is 4.02. The van der Waals surface area contributed by atoms with Gasteiger partial charge in [-0.05, 0) is 12.1 Å². The summed E-state index contributed by atoms with van der Waals surface area (Å²) in [6, 6.07) is 5.64. The Balaban J connectivity index is 1.56. The second kappa shape index (κ2) is 6.77. The number of hydrogen-bond donors (Lipinski definition) is 1. The molecular formula is C16H20N4O4. The number of fused-ring (bicyclic) bond motifs is 1. The number of aromatic nitrogens is 2. The lowest BCUT2D eigenvalue weighted by Crippen LogP contribution is -2.39. The Hall–Kier alpha value is -2.77. The molecule has 1 aromatic carbocycles. The van der Waals surface area contributed by atoms with Crippen molar-refractivity contribution in [1.29, 1.82) is 0 Å². The fourth-order valence-electron chi connectivity index (χ4n) is 2.54. The molecule has 1 saturated heterocycles. The number of amides is 2. The normalized spacial score (nSPS) is 14.1. The molecule has 24 heavy (non-hydrogen) atoms. The highest BCUT2D eigenvalue weighted by molar-refractivity contribution is 5.82. The molecule has 0 radical (unpaired) electrons. The highest BCUT2D eigenvalue weighted by Crippen LogP contribution is 2.18. The molecule has 0 unspecified atom stereocenters. The topological polar surface area (TPSA) is 87.8 Å². The molecule has 0 aliphatic carbocycles. The fourth-order valence-corrected chi connectivity index (χ4v) is 2.54. The van der Waals surface area contributed by atoms with Crippen LogP contribution in [0.5, 0.6) is 5.75 Å². The van der Waals surface area contributed by atoms with E-state index in [2.05, 4.69) is 9.97 Å². The lowest BCUT2D eigenvalue weighted by atomic mass is 10.3. The summed E-state index contributed by atoms with van der Waals surface area (Å²) in [6.07, 6.45) is 0.173. The Morgan fingerprint density at radius 3 is 3.04 bits per heavy atom. The van der Waals surface area contributed by atoms with Crippen LogP contribution in [0.25, 0.3) is 11.0 Å². The zero-order chi connectivity index (χ0) is 17.1. The first-order valence-electron chi connectivity index (χ1n) is 7.75. The number of nitrogens with one attached hydrogen (secondary N) is 1. The second-order valence-electron chi connectivity index (χ2n) is 5.67. The first-order chi connectivity index (χ1) is 11.6. The van der Waals surface area contributed by atoms with Crippen LogP contribution in [0.4, 0.5) is 4.79 Å². The van der Waals surface area contributed by atoms with Crippen LogP contribution in [0.3, 0.4) is 0 Å². The number of carbonyl (C=O) groups excluding carboxylic acids is 2. The standard InChI is InChI=1S/C16H20N4O4/c1-19(15(21)10-20-7-8-24-16(20)22)6-5-14-17-12-4-3-11(23-2)9-13(12)18-14/h3-4,9H,5-8,10H2,1-2H3,(H,17,18). The Morgan fingerprint density at radius 2 is 2.33 bits per heavy atom. The van der Waals surface area contributed by atoms with Gasteiger partial charge < -0.3 is 19.4 Å². The summed E-state index contributed by atoms with van der Waals surface area (Å²) < 4.78 is 10.0. The number of methoxy groups -OCH3 is 1. The number of imidazole rings is 1. The van der Waals surface area contributed by atoms with Gasteiger partial charge in [0, 0.05) is 26.1 Å². The van der Waals surface area contributed by atoms with Gasteiger partial charge in [0.15, 0.2) is 0 Å². The molecule has 1 aromatic heterocycles. The van der Waals surface area contributed by atoms with Crippen molar-refractivity contribution in [1.82, 2.24) is 19.8 Å². The largest absolute Gasteiger partial charge is 0.497 e. The summed E-state index contributed by atoms with van der Waals surface area (Å²) in [4.78, 5) is 34.3. The average molecular weight is 332 g/mol. The number of rotatable bonds is 6. The molecule has 0 saturated carbocycles. The number of carbonyl (C=O) groups is 2. The van der Waals surface area contributed by atoms with Gasteiger partial charge in [0.2, 0.25) is 5.91 Å². The Bertz CT molecular complexity index is 758. The van der Waals surface area contributed by atoms with Gasteiger partial charge in [-0.3, -0.25) is 9.69 Å². The molecule has 0 bridgehead atoms. The Kier molecular flexibility index (Phi) is 4.54. The van der Waals surface area contributed by atoms with Crippen LogP contribution in [0.1, 0.15) is 5.82 Å².